The first kappa shape index (κ1) is 40.1. The molecule has 0 saturated heterocycles. The molecule has 0 radical (unpaired) electrons. The van der Waals surface area contributed by atoms with Gasteiger partial charge in [0.05, 0.1) is 29.3 Å². The Balaban J connectivity index is 1.82. The molecule has 0 spiro atoms. The number of benzene rings is 1. The number of nitrogens with one attached hydrogen (secondary N) is 2. The predicted molar refractivity (Wildman–Crippen MR) is 195 cm³/mol. The molecule has 49 heavy (non-hydrogen) atoms. The van der Waals surface area contributed by atoms with Crippen molar-refractivity contribution in [2.75, 3.05) is 33.2 Å². The molecule has 1 fully saturated rings. The van der Waals surface area contributed by atoms with Crippen molar-refractivity contribution < 1.29 is 24.6 Å². The summed E-state index contributed by atoms with van der Waals surface area (Å²) in [4.78, 5) is 49.8. The van der Waals surface area contributed by atoms with E-state index in [0.717, 1.165) is 50.9 Å². The normalized spacial score (nSPS) is 16.6. The van der Waals surface area contributed by atoms with Crippen LogP contribution in [0.3, 0.4) is 0 Å². The van der Waals surface area contributed by atoms with Crippen LogP contribution in [0.4, 0.5) is 0 Å². The lowest BCUT2D eigenvalue weighted by molar-refractivity contribution is -0.137. The molecule has 3 amide bonds. The molecular weight excluding hydrogens is 639 g/mol. The molecular formula is C38H57N5O5S. The minimum Gasteiger partial charge on any atom is -0.390 e. The highest BCUT2D eigenvalue weighted by atomic mass is 32.1. The summed E-state index contributed by atoms with van der Waals surface area (Å²) < 4.78 is 0. The molecule has 11 heteroatoms. The molecule has 0 aliphatic heterocycles. The number of likely N-dealkylation sites (N-methyl/N-ethyl adjacent to an activating group) is 2. The van der Waals surface area contributed by atoms with E-state index in [4.69, 9.17) is 6.42 Å². The monoisotopic (exact) mass is 695 g/mol. The lowest BCUT2D eigenvalue weighted by Gasteiger charge is -2.33. The fourth-order valence-electron chi connectivity index (χ4n) is 6.54. The second-order valence-corrected chi connectivity index (χ2v) is 14.1. The zero-order chi connectivity index (χ0) is 35.6. The lowest BCUT2D eigenvalue weighted by atomic mass is 9.82. The van der Waals surface area contributed by atoms with Crippen LogP contribution in [0.5, 0.6) is 0 Å². The van der Waals surface area contributed by atoms with Crippen molar-refractivity contribution >= 4 is 29.1 Å². The Morgan fingerprint density at radius 2 is 1.73 bits per heavy atom. The Bertz CT molecular complexity index is 1290. The number of hydrogen-bond acceptors (Lipinski definition) is 8. The predicted octanol–water partition coefficient (Wildman–Crippen LogP) is 3.81. The van der Waals surface area contributed by atoms with Crippen LogP contribution in [0.15, 0.2) is 41.2 Å². The van der Waals surface area contributed by atoms with Gasteiger partial charge in [0.25, 0.3) is 0 Å². The van der Waals surface area contributed by atoms with Crippen molar-refractivity contribution in [3.05, 3.63) is 52.5 Å². The maximum Gasteiger partial charge on any atom is 0.243 e. The van der Waals surface area contributed by atoms with Gasteiger partial charge in [-0.25, -0.2) is 4.98 Å². The Morgan fingerprint density at radius 3 is 2.37 bits per heavy atom. The van der Waals surface area contributed by atoms with Gasteiger partial charge in [-0.2, -0.15) is 0 Å². The van der Waals surface area contributed by atoms with E-state index in [0.29, 0.717) is 37.4 Å². The first-order valence-corrected chi connectivity index (χ1v) is 18.9. The summed E-state index contributed by atoms with van der Waals surface area (Å²) in [5.41, 5.74) is 3.24. The number of aromatic nitrogens is 1. The van der Waals surface area contributed by atoms with E-state index >= 15 is 0 Å². The van der Waals surface area contributed by atoms with E-state index in [1.54, 1.807) is 17.5 Å². The topological polar surface area (TPSA) is 135 Å². The second-order valence-electron chi connectivity index (χ2n) is 13.3. The largest absolute Gasteiger partial charge is 0.390 e. The number of carbonyl (C=O) groups is 3. The number of carbonyl (C=O) groups excluding carboxylic acids is 3. The van der Waals surface area contributed by atoms with Crippen LogP contribution in [-0.2, 0) is 27.2 Å². The fourth-order valence-corrected chi connectivity index (χ4v) is 7.12. The quantitative estimate of drug-likeness (QED) is 0.146. The first-order valence-electron chi connectivity index (χ1n) is 17.9. The smallest absolute Gasteiger partial charge is 0.243 e. The summed E-state index contributed by atoms with van der Waals surface area (Å²) in [6, 6.07) is 7.83. The van der Waals surface area contributed by atoms with Crippen molar-refractivity contribution in [2.24, 2.45) is 11.8 Å². The highest BCUT2D eigenvalue weighted by Gasteiger charge is 2.34. The van der Waals surface area contributed by atoms with Gasteiger partial charge in [0.1, 0.15) is 12.1 Å². The van der Waals surface area contributed by atoms with Gasteiger partial charge in [0, 0.05) is 44.8 Å². The zero-order valence-electron chi connectivity index (χ0n) is 29.6. The van der Waals surface area contributed by atoms with Gasteiger partial charge in [-0.05, 0) is 43.8 Å². The highest BCUT2D eigenvalue weighted by Crippen LogP contribution is 2.29. The van der Waals surface area contributed by atoms with Crippen LogP contribution >= 0.6 is 11.3 Å². The number of rotatable bonds is 21. The molecule has 0 bridgehead atoms. The van der Waals surface area contributed by atoms with E-state index < -0.39 is 42.0 Å². The zero-order valence-corrected chi connectivity index (χ0v) is 30.4. The van der Waals surface area contributed by atoms with Crippen LogP contribution in [0.1, 0.15) is 82.9 Å². The van der Waals surface area contributed by atoms with E-state index in [1.165, 1.54) is 17.8 Å². The summed E-state index contributed by atoms with van der Waals surface area (Å²) in [5.74, 6) is 1.09. The van der Waals surface area contributed by atoms with E-state index in [-0.39, 0.29) is 25.2 Å². The Morgan fingerprint density at radius 1 is 1.02 bits per heavy atom. The van der Waals surface area contributed by atoms with Crippen molar-refractivity contribution in [1.29, 1.82) is 0 Å². The first-order chi connectivity index (χ1) is 23.6. The van der Waals surface area contributed by atoms with Crippen LogP contribution in [0.25, 0.3) is 0 Å². The Hall–Kier alpha value is -3.30. The van der Waals surface area contributed by atoms with Gasteiger partial charge in [-0.1, -0.05) is 76.3 Å². The third kappa shape index (κ3) is 13.9. The second kappa shape index (κ2) is 21.7. The lowest BCUT2D eigenvalue weighted by Crippen LogP contribution is -2.56. The molecule has 0 unspecified atom stereocenters. The Kier molecular flexibility index (Phi) is 17.8. The van der Waals surface area contributed by atoms with Crippen LogP contribution in [0.2, 0.25) is 0 Å². The highest BCUT2D eigenvalue weighted by molar-refractivity contribution is 7.07. The van der Waals surface area contributed by atoms with Crippen molar-refractivity contribution in [2.45, 2.75) is 109 Å². The summed E-state index contributed by atoms with van der Waals surface area (Å²) in [6.45, 7) is 7.25. The number of hydrogen-bond donors (Lipinski definition) is 4. The summed E-state index contributed by atoms with van der Waals surface area (Å²) in [5, 5.41) is 29.8. The van der Waals surface area contributed by atoms with Gasteiger partial charge in [0.2, 0.25) is 17.7 Å². The van der Waals surface area contributed by atoms with Crippen LogP contribution in [0, 0.1) is 24.2 Å². The third-order valence-corrected chi connectivity index (χ3v) is 10.4. The number of terminal acetylenes is 1. The molecule has 270 valence electrons. The standard InChI is InChI=1S/C38H57N5O5S/c1-5-8-19-34(44)36(46)32(23-29-17-13-10-14-18-29)40-38(48)33(25-31-26-49-27-39-31)41-37(47)30(22-28-15-11-9-12-16-28)24-35(45)42(4)20-21-43(6-2)7-3/h1,9,11-12,15-16,26-27,29-30,32-34,36,44,46H,6-8,10,13-14,17-25H2,2-4H3,(H,40,48)(H,41,47)/t30-,32+,33+,34+,36-/m1/s1. The molecule has 2 aromatic rings. The van der Waals surface area contributed by atoms with E-state index in [2.05, 4.69) is 40.3 Å². The minimum absolute atomic E-state index is 0.00902. The molecule has 1 heterocycles. The molecule has 1 aromatic heterocycles. The van der Waals surface area contributed by atoms with Gasteiger partial charge >= 0.3 is 0 Å². The molecule has 1 aliphatic carbocycles. The average molecular weight is 696 g/mol. The van der Waals surface area contributed by atoms with Crippen LogP contribution in [-0.4, -0.2) is 100 Å². The summed E-state index contributed by atoms with van der Waals surface area (Å²) in [6.07, 6.45) is 9.94. The molecule has 1 aliphatic rings. The van der Waals surface area contributed by atoms with Gasteiger partial charge in [-0.15, -0.1) is 23.7 Å². The van der Waals surface area contributed by atoms with E-state index in [1.807, 2.05) is 35.7 Å². The number of aliphatic hydroxyl groups excluding tert-OH is 2. The van der Waals surface area contributed by atoms with Gasteiger partial charge in [0.15, 0.2) is 0 Å². The molecule has 3 rings (SSSR count). The minimum atomic E-state index is -1.22. The molecule has 1 aromatic carbocycles. The number of aliphatic hydroxyl groups is 2. The SMILES string of the molecule is C#CCC[C@H](O)[C@H](O)[C@H](CC1CCCCC1)NC(=O)[C@H](Cc1cscn1)NC(=O)[C@@H](CC(=O)N(C)CCN(CC)CC)Cc1ccccc1. The fraction of sp³-hybridized carbons (Fsp3) is 0.632. The van der Waals surface area contributed by atoms with Crippen molar-refractivity contribution in [3.63, 3.8) is 0 Å². The van der Waals surface area contributed by atoms with Crippen molar-refractivity contribution in [3.8, 4) is 12.3 Å². The molecule has 4 N–H and O–H groups in total. The number of thiazole rings is 1. The van der Waals surface area contributed by atoms with Gasteiger partial charge in [-0.3, -0.25) is 14.4 Å². The molecule has 1 saturated carbocycles. The number of nitrogens with zero attached hydrogens (tertiary/aromatic N) is 3. The maximum absolute atomic E-state index is 14.1. The van der Waals surface area contributed by atoms with E-state index in [9.17, 15) is 24.6 Å². The maximum atomic E-state index is 14.1. The average Bonchev–Trinajstić information content (AvgIpc) is 3.63. The Labute approximate surface area is 297 Å². The summed E-state index contributed by atoms with van der Waals surface area (Å²) in [7, 11) is 1.76. The number of amides is 3. The van der Waals surface area contributed by atoms with Gasteiger partial charge < -0.3 is 30.6 Å². The van der Waals surface area contributed by atoms with Crippen molar-refractivity contribution in [1.82, 2.24) is 25.4 Å². The summed E-state index contributed by atoms with van der Waals surface area (Å²) >= 11 is 1.40. The van der Waals surface area contributed by atoms with Crippen LogP contribution < -0.4 is 10.6 Å². The molecule has 10 nitrogen and oxygen atoms in total. The third-order valence-electron chi connectivity index (χ3n) is 9.75. The molecule has 5 atom stereocenters.